The van der Waals surface area contributed by atoms with E-state index in [0.29, 0.717) is 5.71 Å². The molecule has 0 radical (unpaired) electrons. The molecule has 27 heavy (non-hydrogen) atoms. The monoisotopic (exact) mass is 369 g/mol. The van der Waals surface area contributed by atoms with Gasteiger partial charge in [-0.25, -0.2) is 0 Å². The van der Waals surface area contributed by atoms with Gasteiger partial charge in [0.25, 0.3) is 0 Å². The lowest BCUT2D eigenvalue weighted by atomic mass is 9.93. The summed E-state index contributed by atoms with van der Waals surface area (Å²) >= 11 is 0. The van der Waals surface area contributed by atoms with Gasteiger partial charge in [-0.2, -0.15) is 0 Å². The van der Waals surface area contributed by atoms with Gasteiger partial charge in [0.05, 0.1) is 5.71 Å². The minimum atomic E-state index is 0. The lowest BCUT2D eigenvalue weighted by Gasteiger charge is -2.12. The second-order valence-electron chi connectivity index (χ2n) is 6.23. The van der Waals surface area contributed by atoms with Crippen LogP contribution in [0, 0.1) is 5.41 Å². The van der Waals surface area contributed by atoms with Crippen molar-refractivity contribution in [1.82, 2.24) is 0 Å². The first kappa shape index (κ1) is 18.6. The van der Waals surface area contributed by atoms with Crippen molar-refractivity contribution >= 4 is 40.5 Å². The average Bonchev–Trinajstić information content (AvgIpc) is 2.73. The van der Waals surface area contributed by atoms with Crippen molar-refractivity contribution in [3.8, 4) is 0 Å². The van der Waals surface area contributed by atoms with Crippen molar-refractivity contribution in [1.29, 1.82) is 5.41 Å². The highest BCUT2D eigenvalue weighted by Gasteiger charge is 2.11. The van der Waals surface area contributed by atoms with Gasteiger partial charge in [-0.1, -0.05) is 103 Å². The molecular formula is C25H20ClN. The molecule has 4 aromatic carbocycles. The first-order valence-corrected chi connectivity index (χ1v) is 8.72. The molecule has 0 unspecified atom stereocenters. The molecule has 0 aliphatic rings. The maximum absolute atomic E-state index is 8.81. The fourth-order valence-corrected chi connectivity index (χ4v) is 3.21. The van der Waals surface area contributed by atoms with E-state index in [0.717, 1.165) is 22.3 Å². The number of allylic oxidation sites excluding steroid dienone is 1. The fourth-order valence-electron chi connectivity index (χ4n) is 3.21. The van der Waals surface area contributed by atoms with Crippen LogP contribution in [0.25, 0.3) is 22.4 Å². The van der Waals surface area contributed by atoms with Gasteiger partial charge in [-0.05, 0) is 28.0 Å². The number of benzene rings is 4. The van der Waals surface area contributed by atoms with E-state index in [1.807, 2.05) is 48.5 Å². The molecule has 132 valence electrons. The molecule has 2 heteroatoms. The lowest BCUT2D eigenvalue weighted by Crippen LogP contribution is -2.02. The van der Waals surface area contributed by atoms with Gasteiger partial charge < -0.3 is 0 Å². The molecule has 1 N–H and O–H groups in total. The third-order valence-corrected chi connectivity index (χ3v) is 4.54. The van der Waals surface area contributed by atoms with E-state index < -0.39 is 0 Å². The molecule has 0 aliphatic carbocycles. The second kappa shape index (κ2) is 8.48. The summed E-state index contributed by atoms with van der Waals surface area (Å²) in [6, 6.07) is 34.8. The van der Waals surface area contributed by atoms with Gasteiger partial charge in [0.2, 0.25) is 0 Å². The van der Waals surface area contributed by atoms with Crippen LogP contribution >= 0.6 is 12.4 Å². The third kappa shape index (κ3) is 3.99. The van der Waals surface area contributed by atoms with Crippen LogP contribution in [0.1, 0.15) is 16.7 Å². The zero-order chi connectivity index (χ0) is 17.8. The molecule has 0 saturated heterocycles. The van der Waals surface area contributed by atoms with Crippen molar-refractivity contribution in [3.05, 3.63) is 120 Å². The van der Waals surface area contributed by atoms with Crippen LogP contribution in [-0.4, -0.2) is 5.71 Å². The van der Waals surface area contributed by atoms with Gasteiger partial charge in [-0.15, -0.1) is 12.4 Å². The van der Waals surface area contributed by atoms with Gasteiger partial charge in [0, 0.05) is 11.1 Å². The van der Waals surface area contributed by atoms with Crippen LogP contribution < -0.4 is 0 Å². The van der Waals surface area contributed by atoms with Crippen LogP contribution in [0.2, 0.25) is 0 Å². The first-order chi connectivity index (χ1) is 12.8. The minimum absolute atomic E-state index is 0. The molecule has 4 rings (SSSR count). The summed E-state index contributed by atoms with van der Waals surface area (Å²) in [6.45, 7) is 0. The van der Waals surface area contributed by atoms with Crippen molar-refractivity contribution in [2.45, 2.75) is 0 Å². The van der Waals surface area contributed by atoms with Gasteiger partial charge >= 0.3 is 0 Å². The van der Waals surface area contributed by atoms with Crippen molar-refractivity contribution in [2.24, 2.45) is 0 Å². The summed E-state index contributed by atoms with van der Waals surface area (Å²) in [4.78, 5) is 0. The SMILES string of the molecule is Cl.N=C(/C(=C/c1cccc2ccccc12)c1ccccc1)c1ccccc1. The van der Waals surface area contributed by atoms with Gasteiger partial charge in [-0.3, -0.25) is 5.41 Å². The van der Waals surface area contributed by atoms with Crippen LogP contribution in [-0.2, 0) is 0 Å². The van der Waals surface area contributed by atoms with E-state index in [-0.39, 0.29) is 12.4 Å². The molecule has 1 nitrogen and oxygen atoms in total. The maximum atomic E-state index is 8.81. The predicted octanol–water partition coefficient (Wildman–Crippen LogP) is 6.87. The standard InChI is InChI=1S/C25H19N.ClH/c26-25(21-13-5-2-6-14-21)24(20-10-3-1-4-11-20)18-22-16-9-15-19-12-7-8-17-23(19)22;/h1-18,26H;1H/b24-18+,26-25?;. The van der Waals surface area contributed by atoms with E-state index in [9.17, 15) is 0 Å². The van der Waals surface area contributed by atoms with Crippen LogP contribution in [0.3, 0.4) is 0 Å². The summed E-state index contributed by atoms with van der Waals surface area (Å²) < 4.78 is 0. The van der Waals surface area contributed by atoms with Crippen molar-refractivity contribution in [2.75, 3.05) is 0 Å². The second-order valence-corrected chi connectivity index (χ2v) is 6.23. The maximum Gasteiger partial charge on any atom is 0.0690 e. The summed E-state index contributed by atoms with van der Waals surface area (Å²) in [5, 5.41) is 11.2. The Bertz CT molecular complexity index is 1080. The van der Waals surface area contributed by atoms with Gasteiger partial charge in [0.1, 0.15) is 0 Å². The molecule has 0 aromatic heterocycles. The Morgan fingerprint density at radius 3 is 1.85 bits per heavy atom. The Balaban J connectivity index is 0.00000210. The Labute approximate surface area is 165 Å². The Morgan fingerprint density at radius 1 is 0.593 bits per heavy atom. The van der Waals surface area contributed by atoms with Crippen molar-refractivity contribution < 1.29 is 0 Å². The normalized spacial score (nSPS) is 11.0. The molecule has 0 spiro atoms. The average molecular weight is 370 g/mol. The van der Waals surface area contributed by atoms with E-state index >= 15 is 0 Å². The number of rotatable bonds is 4. The van der Waals surface area contributed by atoms with E-state index in [4.69, 9.17) is 5.41 Å². The summed E-state index contributed by atoms with van der Waals surface area (Å²) in [5.74, 6) is 0. The first-order valence-electron chi connectivity index (χ1n) is 8.72. The molecule has 0 aliphatic heterocycles. The molecule has 0 atom stereocenters. The highest BCUT2D eigenvalue weighted by atomic mass is 35.5. The number of hydrogen-bond acceptors (Lipinski definition) is 1. The molecule has 4 aromatic rings. The number of nitrogens with one attached hydrogen (secondary N) is 1. The molecular weight excluding hydrogens is 350 g/mol. The highest BCUT2D eigenvalue weighted by molar-refractivity contribution is 6.34. The molecule has 0 amide bonds. The Hall–Kier alpha value is -3.16. The van der Waals surface area contributed by atoms with E-state index in [2.05, 4.69) is 60.7 Å². The Morgan fingerprint density at radius 2 is 1.15 bits per heavy atom. The number of fused-ring (bicyclic) bond motifs is 1. The minimum Gasteiger partial charge on any atom is -0.300 e. The summed E-state index contributed by atoms with van der Waals surface area (Å²) in [5.41, 5.74) is 4.55. The quantitative estimate of drug-likeness (QED) is 0.300. The smallest absolute Gasteiger partial charge is 0.0690 e. The Kier molecular flexibility index (Phi) is 5.85. The zero-order valence-corrected chi connectivity index (χ0v) is 15.6. The number of hydrogen-bond donors (Lipinski definition) is 1. The van der Waals surface area contributed by atoms with E-state index in [1.165, 1.54) is 10.8 Å². The van der Waals surface area contributed by atoms with Crippen LogP contribution in [0.15, 0.2) is 103 Å². The number of halogens is 1. The largest absolute Gasteiger partial charge is 0.300 e. The summed E-state index contributed by atoms with van der Waals surface area (Å²) in [7, 11) is 0. The topological polar surface area (TPSA) is 23.9 Å². The van der Waals surface area contributed by atoms with Gasteiger partial charge in [0.15, 0.2) is 0 Å². The van der Waals surface area contributed by atoms with Crippen LogP contribution in [0.4, 0.5) is 0 Å². The molecule has 0 bridgehead atoms. The zero-order valence-electron chi connectivity index (χ0n) is 14.8. The van der Waals surface area contributed by atoms with Crippen molar-refractivity contribution in [3.63, 3.8) is 0 Å². The summed E-state index contributed by atoms with van der Waals surface area (Å²) in [6.07, 6.45) is 2.13. The molecule has 0 saturated carbocycles. The lowest BCUT2D eigenvalue weighted by molar-refractivity contribution is 1.49. The molecule has 0 fully saturated rings. The third-order valence-electron chi connectivity index (χ3n) is 4.54. The van der Waals surface area contributed by atoms with E-state index in [1.54, 1.807) is 0 Å². The molecule has 0 heterocycles. The predicted molar refractivity (Wildman–Crippen MR) is 119 cm³/mol. The highest BCUT2D eigenvalue weighted by Crippen LogP contribution is 2.26. The van der Waals surface area contributed by atoms with Crippen LogP contribution in [0.5, 0.6) is 0 Å². The fraction of sp³-hybridized carbons (Fsp3) is 0.